The van der Waals surface area contributed by atoms with E-state index in [1.165, 1.54) is 0 Å². The van der Waals surface area contributed by atoms with E-state index in [2.05, 4.69) is 5.32 Å². The number of morpholine rings is 1. The molecule has 1 aliphatic heterocycles. The van der Waals surface area contributed by atoms with Crippen molar-refractivity contribution in [2.75, 3.05) is 40.5 Å². The van der Waals surface area contributed by atoms with E-state index in [0.717, 1.165) is 25.3 Å². The summed E-state index contributed by atoms with van der Waals surface area (Å²) in [7, 11) is 3.25. The molecule has 1 heterocycles. The molecule has 0 amide bonds. The van der Waals surface area contributed by atoms with Crippen molar-refractivity contribution in [3.8, 4) is 17.2 Å². The molecule has 106 valence electrons. The molecule has 0 aromatic heterocycles. The second-order valence-electron chi connectivity index (χ2n) is 4.51. The van der Waals surface area contributed by atoms with Gasteiger partial charge < -0.3 is 24.3 Å². The molecule has 1 unspecified atom stereocenters. The molecule has 1 atom stereocenters. The van der Waals surface area contributed by atoms with Gasteiger partial charge in [-0.15, -0.1) is 0 Å². The highest BCUT2D eigenvalue weighted by molar-refractivity contribution is 5.53. The second kappa shape index (κ2) is 6.63. The number of methoxy groups -OCH3 is 2. The number of hydrogen-bond acceptors (Lipinski definition) is 5. The van der Waals surface area contributed by atoms with Crippen LogP contribution in [0.15, 0.2) is 12.1 Å². The van der Waals surface area contributed by atoms with Crippen LogP contribution in [0.5, 0.6) is 17.2 Å². The maximum absolute atomic E-state index is 5.83. The number of ether oxygens (including phenoxy) is 4. The lowest BCUT2D eigenvalue weighted by atomic mass is 10.2. The average Bonchev–Trinajstić information content (AvgIpc) is 2.46. The van der Waals surface area contributed by atoms with E-state index >= 15 is 0 Å². The first-order valence-electron chi connectivity index (χ1n) is 6.42. The fraction of sp³-hybridized carbons (Fsp3) is 0.571. The van der Waals surface area contributed by atoms with Gasteiger partial charge in [0.25, 0.3) is 0 Å². The Morgan fingerprint density at radius 3 is 2.47 bits per heavy atom. The summed E-state index contributed by atoms with van der Waals surface area (Å²) in [6.07, 6.45) is 0.0597. The van der Waals surface area contributed by atoms with Crippen molar-refractivity contribution in [1.82, 2.24) is 5.32 Å². The molecule has 0 aliphatic carbocycles. The third kappa shape index (κ3) is 3.52. The Morgan fingerprint density at radius 2 is 1.95 bits per heavy atom. The van der Waals surface area contributed by atoms with E-state index in [-0.39, 0.29) is 6.10 Å². The first-order valence-corrected chi connectivity index (χ1v) is 6.42. The molecule has 2 rings (SSSR count). The van der Waals surface area contributed by atoms with Gasteiger partial charge in [-0.25, -0.2) is 0 Å². The number of nitrogens with one attached hydrogen (secondary N) is 1. The molecule has 0 bridgehead atoms. The molecule has 1 fully saturated rings. The Hall–Kier alpha value is -1.46. The highest BCUT2D eigenvalue weighted by Crippen LogP contribution is 2.38. The van der Waals surface area contributed by atoms with Crippen molar-refractivity contribution in [1.29, 1.82) is 0 Å². The Morgan fingerprint density at radius 1 is 1.26 bits per heavy atom. The predicted molar refractivity (Wildman–Crippen MR) is 72.4 cm³/mol. The Balaban J connectivity index is 2.09. The zero-order valence-electron chi connectivity index (χ0n) is 11.7. The van der Waals surface area contributed by atoms with Crippen molar-refractivity contribution in [2.24, 2.45) is 0 Å². The molecule has 1 N–H and O–H groups in total. The number of aryl methyl sites for hydroxylation is 1. The molecule has 5 heteroatoms. The highest BCUT2D eigenvalue weighted by atomic mass is 16.6. The van der Waals surface area contributed by atoms with Gasteiger partial charge in [0.2, 0.25) is 5.75 Å². The van der Waals surface area contributed by atoms with E-state index in [1.54, 1.807) is 14.2 Å². The quantitative estimate of drug-likeness (QED) is 0.873. The molecular weight excluding hydrogens is 246 g/mol. The zero-order chi connectivity index (χ0) is 13.7. The van der Waals surface area contributed by atoms with Gasteiger partial charge in [0.05, 0.1) is 20.8 Å². The lowest BCUT2D eigenvalue weighted by Crippen LogP contribution is -2.41. The van der Waals surface area contributed by atoms with Crippen LogP contribution in [0.1, 0.15) is 5.56 Å². The van der Waals surface area contributed by atoms with Gasteiger partial charge in [0.15, 0.2) is 11.5 Å². The van der Waals surface area contributed by atoms with Crippen LogP contribution in [0, 0.1) is 6.92 Å². The Kier molecular flexibility index (Phi) is 4.87. The number of hydrogen-bond donors (Lipinski definition) is 1. The number of benzene rings is 1. The van der Waals surface area contributed by atoms with Gasteiger partial charge in [-0.3, -0.25) is 0 Å². The SMILES string of the molecule is COc1cc(C)cc(OC)c1OCC1CNCCO1. The van der Waals surface area contributed by atoms with Crippen LogP contribution in [0.25, 0.3) is 0 Å². The topological polar surface area (TPSA) is 49.0 Å². The summed E-state index contributed by atoms with van der Waals surface area (Å²) in [4.78, 5) is 0. The molecule has 1 aromatic rings. The van der Waals surface area contributed by atoms with Crippen LogP contribution < -0.4 is 19.5 Å². The lowest BCUT2D eigenvalue weighted by molar-refractivity contribution is -0.000750. The minimum Gasteiger partial charge on any atom is -0.493 e. The summed E-state index contributed by atoms with van der Waals surface area (Å²) < 4.78 is 22.1. The van der Waals surface area contributed by atoms with E-state index in [1.807, 2.05) is 19.1 Å². The van der Waals surface area contributed by atoms with Crippen molar-refractivity contribution >= 4 is 0 Å². The summed E-state index contributed by atoms with van der Waals surface area (Å²) in [5, 5.41) is 3.27. The molecule has 19 heavy (non-hydrogen) atoms. The summed E-state index contributed by atoms with van der Waals surface area (Å²) in [5.74, 6) is 1.99. The van der Waals surface area contributed by atoms with Gasteiger partial charge in [0.1, 0.15) is 12.7 Å². The number of rotatable bonds is 5. The first-order chi connectivity index (χ1) is 9.24. The normalized spacial score (nSPS) is 19.0. The Labute approximate surface area is 113 Å². The maximum atomic E-state index is 5.83. The van der Waals surface area contributed by atoms with Gasteiger partial charge in [-0.05, 0) is 24.6 Å². The fourth-order valence-corrected chi connectivity index (χ4v) is 2.06. The fourth-order valence-electron chi connectivity index (χ4n) is 2.06. The van der Waals surface area contributed by atoms with Gasteiger partial charge >= 0.3 is 0 Å². The third-order valence-electron chi connectivity index (χ3n) is 3.02. The Bertz CT molecular complexity index is 391. The standard InChI is InChI=1S/C14H21NO4/c1-10-6-12(16-2)14(13(7-10)17-3)19-9-11-8-15-4-5-18-11/h6-7,11,15H,4-5,8-9H2,1-3H3. The van der Waals surface area contributed by atoms with Crippen LogP contribution >= 0.6 is 0 Å². The molecule has 1 aliphatic rings. The molecule has 0 radical (unpaired) electrons. The highest BCUT2D eigenvalue weighted by Gasteiger charge is 2.18. The lowest BCUT2D eigenvalue weighted by Gasteiger charge is -2.24. The van der Waals surface area contributed by atoms with Crippen LogP contribution in [-0.4, -0.2) is 46.6 Å². The van der Waals surface area contributed by atoms with Crippen LogP contribution in [0.4, 0.5) is 0 Å². The molecular formula is C14H21NO4. The maximum Gasteiger partial charge on any atom is 0.203 e. The monoisotopic (exact) mass is 267 g/mol. The molecule has 1 aromatic carbocycles. The van der Waals surface area contributed by atoms with E-state index < -0.39 is 0 Å². The van der Waals surface area contributed by atoms with Gasteiger partial charge in [-0.2, -0.15) is 0 Å². The van der Waals surface area contributed by atoms with Gasteiger partial charge in [-0.1, -0.05) is 0 Å². The second-order valence-corrected chi connectivity index (χ2v) is 4.51. The summed E-state index contributed by atoms with van der Waals surface area (Å²) in [6, 6.07) is 3.86. The molecule has 5 nitrogen and oxygen atoms in total. The van der Waals surface area contributed by atoms with Crippen LogP contribution in [0.3, 0.4) is 0 Å². The summed E-state index contributed by atoms with van der Waals surface area (Å²) in [6.45, 7) is 4.88. The zero-order valence-corrected chi connectivity index (χ0v) is 11.7. The summed E-state index contributed by atoms with van der Waals surface area (Å²) in [5.41, 5.74) is 1.07. The molecule has 0 spiro atoms. The first kappa shape index (κ1) is 14.0. The van der Waals surface area contributed by atoms with E-state index in [9.17, 15) is 0 Å². The van der Waals surface area contributed by atoms with Crippen molar-refractivity contribution in [2.45, 2.75) is 13.0 Å². The van der Waals surface area contributed by atoms with Crippen LogP contribution in [0.2, 0.25) is 0 Å². The minimum atomic E-state index is 0.0597. The predicted octanol–water partition coefficient (Wildman–Crippen LogP) is 1.38. The van der Waals surface area contributed by atoms with Crippen LogP contribution in [-0.2, 0) is 4.74 Å². The average molecular weight is 267 g/mol. The summed E-state index contributed by atoms with van der Waals surface area (Å²) >= 11 is 0. The smallest absolute Gasteiger partial charge is 0.203 e. The van der Waals surface area contributed by atoms with Crippen molar-refractivity contribution in [3.63, 3.8) is 0 Å². The van der Waals surface area contributed by atoms with Crippen molar-refractivity contribution < 1.29 is 18.9 Å². The molecule has 1 saturated heterocycles. The van der Waals surface area contributed by atoms with Crippen molar-refractivity contribution in [3.05, 3.63) is 17.7 Å². The van der Waals surface area contributed by atoms with E-state index in [4.69, 9.17) is 18.9 Å². The third-order valence-corrected chi connectivity index (χ3v) is 3.02. The van der Waals surface area contributed by atoms with E-state index in [0.29, 0.717) is 23.9 Å². The largest absolute Gasteiger partial charge is 0.493 e. The van der Waals surface area contributed by atoms with Gasteiger partial charge in [0, 0.05) is 13.1 Å². The molecule has 0 saturated carbocycles. The minimum absolute atomic E-state index is 0.0597.